The van der Waals surface area contributed by atoms with E-state index in [1.807, 2.05) is 19.1 Å². The zero-order valence-electron chi connectivity index (χ0n) is 9.68. The number of allylic oxidation sites excluding steroid dienone is 1. The van der Waals surface area contributed by atoms with E-state index in [2.05, 4.69) is 5.32 Å². The molecule has 5 N–H and O–H groups in total. The van der Waals surface area contributed by atoms with Crippen molar-refractivity contribution in [1.82, 2.24) is 0 Å². The molecule has 0 aromatic heterocycles. The number of benzene rings is 1. The molecular weight excluding hydrogens is 238 g/mol. The third-order valence-corrected chi connectivity index (χ3v) is 3.13. The second-order valence-electron chi connectivity index (χ2n) is 3.59. The first-order chi connectivity index (χ1) is 7.95. The molecule has 0 saturated heterocycles. The molecule has 1 rings (SSSR count). The zero-order valence-corrected chi connectivity index (χ0v) is 10.5. The smallest absolute Gasteiger partial charge is 0.240 e. The van der Waals surface area contributed by atoms with Crippen LogP contribution in [-0.2, 0) is 10.0 Å². The highest BCUT2D eigenvalue weighted by Gasteiger charge is 2.13. The van der Waals surface area contributed by atoms with Crippen molar-refractivity contribution in [1.29, 1.82) is 0 Å². The van der Waals surface area contributed by atoms with Gasteiger partial charge in [0, 0.05) is 12.2 Å². The van der Waals surface area contributed by atoms with Gasteiger partial charge < -0.3 is 11.1 Å². The van der Waals surface area contributed by atoms with Crippen LogP contribution in [0, 0.1) is 0 Å². The molecule has 94 valence electrons. The van der Waals surface area contributed by atoms with E-state index < -0.39 is 10.0 Å². The van der Waals surface area contributed by atoms with E-state index in [0.717, 1.165) is 6.42 Å². The maximum Gasteiger partial charge on any atom is 0.240 e. The Morgan fingerprint density at radius 3 is 2.71 bits per heavy atom. The summed E-state index contributed by atoms with van der Waals surface area (Å²) < 4.78 is 22.7. The Hall–Kier alpha value is -1.53. The van der Waals surface area contributed by atoms with Gasteiger partial charge >= 0.3 is 0 Å². The van der Waals surface area contributed by atoms with Crippen molar-refractivity contribution in [3.8, 4) is 0 Å². The van der Waals surface area contributed by atoms with Crippen LogP contribution in [0.15, 0.2) is 35.2 Å². The fourth-order valence-electron chi connectivity index (χ4n) is 1.38. The molecule has 1 aromatic rings. The third kappa shape index (κ3) is 4.08. The maximum absolute atomic E-state index is 11.4. The molecule has 6 heteroatoms. The van der Waals surface area contributed by atoms with Gasteiger partial charge in [-0.05, 0) is 31.5 Å². The van der Waals surface area contributed by atoms with Gasteiger partial charge in [0.1, 0.15) is 4.90 Å². The summed E-state index contributed by atoms with van der Waals surface area (Å²) in [7, 11) is -3.76. The molecule has 0 atom stereocenters. The summed E-state index contributed by atoms with van der Waals surface area (Å²) in [5.41, 5.74) is 6.39. The van der Waals surface area contributed by atoms with E-state index in [0.29, 0.717) is 17.9 Å². The molecule has 0 saturated carbocycles. The quantitative estimate of drug-likeness (QED) is 0.419. The van der Waals surface area contributed by atoms with E-state index in [4.69, 9.17) is 10.9 Å². The van der Waals surface area contributed by atoms with E-state index in [1.54, 1.807) is 12.1 Å². The van der Waals surface area contributed by atoms with Gasteiger partial charge in [-0.15, -0.1) is 0 Å². The lowest BCUT2D eigenvalue weighted by Gasteiger charge is -2.10. The molecule has 0 fully saturated rings. The highest BCUT2D eigenvalue weighted by Crippen LogP contribution is 2.22. The Kier molecular flexibility index (Phi) is 4.53. The second-order valence-corrected chi connectivity index (χ2v) is 5.11. The van der Waals surface area contributed by atoms with Crippen LogP contribution >= 0.6 is 0 Å². The summed E-state index contributed by atoms with van der Waals surface area (Å²) in [6.07, 6.45) is 4.73. The van der Waals surface area contributed by atoms with Gasteiger partial charge in [-0.1, -0.05) is 12.2 Å². The standard InChI is InChI=1S/C11H17N3O2S/c1-2-3-4-7-14-10-6-5-9(12)8-11(10)17(13,15)16/h2-3,5-6,8,14H,4,7,12H2,1H3,(H2,13,15,16)/b3-2+. The van der Waals surface area contributed by atoms with Crippen molar-refractivity contribution in [2.75, 3.05) is 17.6 Å². The first-order valence-electron chi connectivity index (χ1n) is 5.22. The summed E-state index contributed by atoms with van der Waals surface area (Å²) in [6.45, 7) is 2.57. The number of anilines is 2. The fraction of sp³-hybridized carbons (Fsp3) is 0.273. The Morgan fingerprint density at radius 2 is 2.12 bits per heavy atom. The number of sulfonamides is 1. The van der Waals surface area contributed by atoms with Crippen LogP contribution in [0.5, 0.6) is 0 Å². The van der Waals surface area contributed by atoms with Gasteiger partial charge in [0.25, 0.3) is 0 Å². The number of primary sulfonamides is 1. The average molecular weight is 255 g/mol. The van der Waals surface area contributed by atoms with Crippen molar-refractivity contribution < 1.29 is 8.42 Å². The van der Waals surface area contributed by atoms with Gasteiger partial charge in [-0.25, -0.2) is 13.6 Å². The van der Waals surface area contributed by atoms with E-state index in [-0.39, 0.29) is 4.90 Å². The Bertz CT molecular complexity index is 509. The SMILES string of the molecule is C/C=C/CCNc1ccc(N)cc1S(N)(=O)=O. The molecule has 0 aliphatic heterocycles. The normalized spacial score (nSPS) is 11.9. The minimum Gasteiger partial charge on any atom is -0.399 e. The van der Waals surface area contributed by atoms with Gasteiger partial charge in [0.2, 0.25) is 10.0 Å². The van der Waals surface area contributed by atoms with Crippen LogP contribution in [0.1, 0.15) is 13.3 Å². The van der Waals surface area contributed by atoms with Crippen molar-refractivity contribution in [3.63, 3.8) is 0 Å². The van der Waals surface area contributed by atoms with Crippen LogP contribution in [0.4, 0.5) is 11.4 Å². The number of hydrogen-bond donors (Lipinski definition) is 3. The third-order valence-electron chi connectivity index (χ3n) is 2.17. The topological polar surface area (TPSA) is 98.2 Å². The second kappa shape index (κ2) is 5.70. The van der Waals surface area contributed by atoms with Crippen LogP contribution < -0.4 is 16.2 Å². The predicted octanol–water partition coefficient (Wildman–Crippen LogP) is 1.29. The number of nitrogens with two attached hydrogens (primary N) is 2. The fourth-order valence-corrected chi connectivity index (χ4v) is 2.12. The van der Waals surface area contributed by atoms with Gasteiger partial charge in [-0.2, -0.15) is 0 Å². The minimum absolute atomic E-state index is 0.0259. The number of nitrogen functional groups attached to an aromatic ring is 1. The summed E-state index contributed by atoms with van der Waals surface area (Å²) >= 11 is 0. The predicted molar refractivity (Wildman–Crippen MR) is 70.1 cm³/mol. The first kappa shape index (κ1) is 13.5. The summed E-state index contributed by atoms with van der Waals surface area (Å²) in [5, 5.41) is 8.14. The van der Waals surface area contributed by atoms with Crippen molar-refractivity contribution >= 4 is 21.4 Å². The van der Waals surface area contributed by atoms with Crippen LogP contribution in [-0.4, -0.2) is 15.0 Å². The molecule has 0 radical (unpaired) electrons. The molecular formula is C11H17N3O2S. The lowest BCUT2D eigenvalue weighted by atomic mass is 10.2. The number of nitrogens with one attached hydrogen (secondary N) is 1. The highest BCUT2D eigenvalue weighted by atomic mass is 32.2. The monoisotopic (exact) mass is 255 g/mol. The Labute approximate surface area is 102 Å². The maximum atomic E-state index is 11.4. The van der Waals surface area contributed by atoms with Gasteiger partial charge in [0.15, 0.2) is 0 Å². The molecule has 0 unspecified atom stereocenters. The Balaban J connectivity index is 2.92. The molecule has 5 nitrogen and oxygen atoms in total. The zero-order chi connectivity index (χ0) is 12.9. The van der Waals surface area contributed by atoms with E-state index in [9.17, 15) is 8.42 Å². The Morgan fingerprint density at radius 1 is 1.41 bits per heavy atom. The molecule has 0 aliphatic carbocycles. The molecule has 1 aromatic carbocycles. The summed E-state index contributed by atoms with van der Waals surface area (Å²) in [4.78, 5) is 0.0259. The van der Waals surface area contributed by atoms with Crippen LogP contribution in [0.3, 0.4) is 0 Å². The molecule has 0 amide bonds. The molecule has 0 spiro atoms. The largest absolute Gasteiger partial charge is 0.399 e. The first-order valence-corrected chi connectivity index (χ1v) is 6.77. The lowest BCUT2D eigenvalue weighted by Crippen LogP contribution is -2.15. The van der Waals surface area contributed by atoms with Gasteiger partial charge in [-0.3, -0.25) is 0 Å². The lowest BCUT2D eigenvalue weighted by molar-refractivity contribution is 0.598. The van der Waals surface area contributed by atoms with Gasteiger partial charge in [0.05, 0.1) is 5.69 Å². The summed E-state index contributed by atoms with van der Waals surface area (Å²) in [5.74, 6) is 0. The van der Waals surface area contributed by atoms with Crippen molar-refractivity contribution in [3.05, 3.63) is 30.4 Å². The van der Waals surface area contributed by atoms with E-state index in [1.165, 1.54) is 6.07 Å². The highest BCUT2D eigenvalue weighted by molar-refractivity contribution is 7.89. The molecule has 0 bridgehead atoms. The van der Waals surface area contributed by atoms with E-state index >= 15 is 0 Å². The number of rotatable bonds is 5. The minimum atomic E-state index is -3.76. The average Bonchev–Trinajstić information content (AvgIpc) is 2.25. The summed E-state index contributed by atoms with van der Waals surface area (Å²) in [6, 6.07) is 4.60. The number of hydrogen-bond acceptors (Lipinski definition) is 4. The van der Waals surface area contributed by atoms with Crippen LogP contribution in [0.2, 0.25) is 0 Å². The molecule has 0 heterocycles. The van der Waals surface area contributed by atoms with Crippen molar-refractivity contribution in [2.45, 2.75) is 18.2 Å². The van der Waals surface area contributed by atoms with Crippen LogP contribution in [0.25, 0.3) is 0 Å². The molecule has 17 heavy (non-hydrogen) atoms. The molecule has 0 aliphatic rings. The van der Waals surface area contributed by atoms with Crippen molar-refractivity contribution in [2.24, 2.45) is 5.14 Å².